The third-order valence-corrected chi connectivity index (χ3v) is 11.6. The molecule has 12 heteroatoms. The number of halogens is 1. The number of amides is 2. The van der Waals surface area contributed by atoms with E-state index in [1.165, 1.54) is 5.56 Å². The second-order valence-corrected chi connectivity index (χ2v) is 15.3. The van der Waals surface area contributed by atoms with Crippen LogP contribution >= 0.6 is 11.6 Å². The summed E-state index contributed by atoms with van der Waals surface area (Å²) in [6.07, 6.45) is 3.74. The molecule has 1 atom stereocenters. The van der Waals surface area contributed by atoms with E-state index in [-0.39, 0.29) is 23.6 Å². The Morgan fingerprint density at radius 2 is 1.70 bits per heavy atom. The molecule has 5 heterocycles. The molecule has 0 aliphatic carbocycles. The Kier molecular flexibility index (Phi) is 10.8. The third kappa shape index (κ3) is 7.39. The maximum Gasteiger partial charge on any atom is 0.264 e. The molecule has 5 aromatic rings. The molecule has 11 nitrogen and oxygen atoms in total. The van der Waals surface area contributed by atoms with Crippen LogP contribution in [0.5, 0.6) is 5.75 Å². The molecule has 3 aliphatic rings. The van der Waals surface area contributed by atoms with E-state index in [2.05, 4.69) is 28.0 Å². The molecular weight excluding hydrogens is 728 g/mol. The summed E-state index contributed by atoms with van der Waals surface area (Å²) in [6.45, 7) is 5.49. The van der Waals surface area contributed by atoms with Gasteiger partial charge in [0.1, 0.15) is 11.6 Å². The van der Waals surface area contributed by atoms with Crippen molar-refractivity contribution >= 4 is 40.6 Å². The lowest BCUT2D eigenvalue weighted by Crippen LogP contribution is -2.52. The number of methoxy groups -OCH3 is 1. The number of pyridine rings is 1. The van der Waals surface area contributed by atoms with E-state index in [9.17, 15) is 5.11 Å². The predicted octanol–water partition coefficient (Wildman–Crippen LogP) is 6.51. The van der Waals surface area contributed by atoms with Crippen LogP contribution in [0.2, 0.25) is 5.02 Å². The van der Waals surface area contributed by atoms with Crippen molar-refractivity contribution in [3.8, 4) is 17.0 Å². The Morgan fingerprint density at radius 3 is 2.46 bits per heavy atom. The van der Waals surface area contributed by atoms with Gasteiger partial charge in [0.05, 0.1) is 37.3 Å². The number of hydrogen-bond donors (Lipinski definition) is 1. The molecule has 8 rings (SSSR count). The molecule has 0 saturated carbocycles. The minimum Gasteiger partial charge on any atom is -0.508 e. The Bertz CT molecular complexity index is 2250. The van der Waals surface area contributed by atoms with Gasteiger partial charge in [-0.2, -0.15) is 0 Å². The van der Waals surface area contributed by atoms with Crippen LogP contribution in [0.3, 0.4) is 0 Å². The minimum absolute atomic E-state index is 0.0403. The number of aromatic nitrogens is 2. The van der Waals surface area contributed by atoms with Gasteiger partial charge in [-0.25, -0.2) is 4.98 Å². The first-order chi connectivity index (χ1) is 27.2. The van der Waals surface area contributed by atoms with Gasteiger partial charge in [0.2, 0.25) is 0 Å². The molecule has 0 spiro atoms. The highest BCUT2D eigenvalue weighted by Crippen LogP contribution is 2.38. The number of aromatic hydroxyl groups is 1. The zero-order chi connectivity index (χ0) is 38.9. The van der Waals surface area contributed by atoms with E-state index < -0.39 is 0 Å². The fourth-order valence-electron chi connectivity index (χ4n) is 8.37. The zero-order valence-corrected chi connectivity index (χ0v) is 32.8. The van der Waals surface area contributed by atoms with Crippen molar-refractivity contribution in [1.82, 2.24) is 19.4 Å². The quantitative estimate of drug-likeness (QED) is 0.172. The summed E-state index contributed by atoms with van der Waals surface area (Å²) in [4.78, 5) is 43.0. The van der Waals surface area contributed by atoms with E-state index in [0.717, 1.165) is 61.7 Å². The van der Waals surface area contributed by atoms with Crippen molar-refractivity contribution in [2.24, 2.45) is 7.05 Å². The lowest BCUT2D eigenvalue weighted by Gasteiger charge is -2.40. The lowest BCUT2D eigenvalue weighted by molar-refractivity contribution is 0.0193. The van der Waals surface area contributed by atoms with Gasteiger partial charge in [-0.15, -0.1) is 0 Å². The lowest BCUT2D eigenvalue weighted by atomic mass is 9.92. The summed E-state index contributed by atoms with van der Waals surface area (Å²) in [5, 5.41) is 10.7. The van der Waals surface area contributed by atoms with Crippen LogP contribution in [0.25, 0.3) is 11.3 Å². The highest BCUT2D eigenvalue weighted by atomic mass is 35.5. The minimum atomic E-state index is -0.273. The largest absolute Gasteiger partial charge is 0.508 e. The molecule has 1 fully saturated rings. The first-order valence-corrected chi connectivity index (χ1v) is 19.6. The van der Waals surface area contributed by atoms with E-state index in [0.29, 0.717) is 71.6 Å². The maximum absolute atomic E-state index is 15.1. The Balaban J connectivity index is 1.21. The molecule has 2 aromatic heterocycles. The number of benzene rings is 3. The molecule has 2 amide bonds. The van der Waals surface area contributed by atoms with Gasteiger partial charge in [0.15, 0.2) is 0 Å². The van der Waals surface area contributed by atoms with Crippen LogP contribution in [0.15, 0.2) is 85.1 Å². The SMILES string of the molecule is COCCc1c(C(=O)N(c2ccc(O)cc2)c2cnc3c(c2)CCN3C)cc(-c2cc(Cl)ccc2C(=O)N2Cc3ccccc3C[C@H]2CN2CCOCC2)n1C. The number of likely N-dealkylation sites (N-methyl/N-ethyl adjacent to an activating group) is 1. The number of morpholine rings is 1. The van der Waals surface area contributed by atoms with Crippen LogP contribution in [0, 0.1) is 0 Å². The van der Waals surface area contributed by atoms with Gasteiger partial charge >= 0.3 is 0 Å². The normalized spacial score (nSPS) is 16.8. The molecule has 3 aliphatic heterocycles. The number of fused-ring (bicyclic) bond motifs is 2. The zero-order valence-electron chi connectivity index (χ0n) is 32.1. The smallest absolute Gasteiger partial charge is 0.264 e. The number of ether oxygens (including phenoxy) is 2. The predicted molar refractivity (Wildman–Crippen MR) is 218 cm³/mol. The monoisotopic (exact) mass is 774 g/mol. The number of carbonyl (C=O) groups excluding carboxylic acids is 2. The first-order valence-electron chi connectivity index (χ1n) is 19.2. The highest BCUT2D eigenvalue weighted by molar-refractivity contribution is 6.31. The van der Waals surface area contributed by atoms with Gasteiger partial charge in [-0.3, -0.25) is 19.4 Å². The van der Waals surface area contributed by atoms with E-state index in [4.69, 9.17) is 26.1 Å². The summed E-state index contributed by atoms with van der Waals surface area (Å²) >= 11 is 6.73. The van der Waals surface area contributed by atoms with E-state index in [1.54, 1.807) is 48.5 Å². The van der Waals surface area contributed by atoms with Gasteiger partial charge in [-0.05, 0) is 84.1 Å². The van der Waals surface area contributed by atoms with Crippen molar-refractivity contribution < 1.29 is 24.2 Å². The van der Waals surface area contributed by atoms with Crippen LogP contribution in [-0.4, -0.2) is 102 Å². The molecule has 0 bridgehead atoms. The molecule has 3 aromatic carbocycles. The molecule has 56 heavy (non-hydrogen) atoms. The van der Waals surface area contributed by atoms with Gasteiger partial charge in [0.25, 0.3) is 11.8 Å². The Hall–Kier alpha value is -5.20. The second-order valence-electron chi connectivity index (χ2n) is 14.9. The van der Waals surface area contributed by atoms with Crippen LogP contribution in [0.4, 0.5) is 17.2 Å². The molecule has 290 valence electrons. The first kappa shape index (κ1) is 37.7. The summed E-state index contributed by atoms with van der Waals surface area (Å²) < 4.78 is 13.2. The number of carbonyl (C=O) groups is 2. The van der Waals surface area contributed by atoms with Gasteiger partial charge in [-0.1, -0.05) is 35.9 Å². The number of hydrogen-bond acceptors (Lipinski definition) is 8. The van der Waals surface area contributed by atoms with Crippen LogP contribution in [0.1, 0.15) is 43.1 Å². The highest BCUT2D eigenvalue weighted by Gasteiger charge is 2.35. The number of phenols is 1. The number of anilines is 3. The number of phenolic OH excluding ortho intramolecular Hbond substituents is 1. The number of rotatable bonds is 10. The van der Waals surface area contributed by atoms with Crippen molar-refractivity contribution in [2.45, 2.75) is 31.8 Å². The van der Waals surface area contributed by atoms with Gasteiger partial charge in [0, 0.05) is 99.6 Å². The fraction of sp³-hybridized carbons (Fsp3) is 0.341. The molecule has 1 N–H and O–H groups in total. The second kappa shape index (κ2) is 16.1. The summed E-state index contributed by atoms with van der Waals surface area (Å²) in [5.74, 6) is 0.638. The van der Waals surface area contributed by atoms with E-state index in [1.807, 2.05) is 53.9 Å². The Morgan fingerprint density at radius 1 is 0.929 bits per heavy atom. The summed E-state index contributed by atoms with van der Waals surface area (Å²) in [7, 11) is 5.57. The van der Waals surface area contributed by atoms with E-state index >= 15 is 9.59 Å². The number of nitrogens with zero attached hydrogens (tertiary/aromatic N) is 6. The molecule has 0 radical (unpaired) electrons. The average Bonchev–Trinajstić information content (AvgIpc) is 3.75. The van der Waals surface area contributed by atoms with Crippen molar-refractivity contribution in [2.75, 3.05) is 70.0 Å². The molecular formula is C44H47ClN6O5. The molecule has 1 saturated heterocycles. The van der Waals surface area contributed by atoms with Crippen LogP contribution in [-0.2, 0) is 42.3 Å². The maximum atomic E-state index is 15.1. The fourth-order valence-corrected chi connectivity index (χ4v) is 8.54. The third-order valence-electron chi connectivity index (χ3n) is 11.4. The van der Waals surface area contributed by atoms with Gasteiger partial charge < -0.3 is 28.9 Å². The Labute approximate surface area is 332 Å². The molecule has 0 unspecified atom stereocenters. The van der Waals surface area contributed by atoms with Crippen molar-refractivity contribution in [1.29, 1.82) is 0 Å². The van der Waals surface area contributed by atoms with Crippen LogP contribution < -0.4 is 9.80 Å². The summed E-state index contributed by atoms with van der Waals surface area (Å²) in [5.41, 5.74) is 7.73. The van der Waals surface area contributed by atoms with Crippen molar-refractivity contribution in [3.05, 3.63) is 124 Å². The topological polar surface area (TPSA) is 104 Å². The average molecular weight is 775 g/mol. The summed E-state index contributed by atoms with van der Waals surface area (Å²) in [6, 6.07) is 24.2. The van der Waals surface area contributed by atoms with Crippen molar-refractivity contribution in [3.63, 3.8) is 0 Å². The standard InChI is InChI=1S/C44H47ClN6O5/c1-47-16-14-30-23-34(26-46-42(30)47)51(33-9-11-36(52)12-10-33)44(54)39-25-41(48(2)40(39)15-19-55-3)38-24-32(45)8-13-37(38)43(53)50-27-31-7-5-4-6-29(31)22-35(50)28-49-17-20-56-21-18-49/h4-13,23-26,35,52H,14-22,27-28H2,1-3H3/t35-/m0/s1.